The van der Waals surface area contributed by atoms with Crippen molar-refractivity contribution < 1.29 is 24.5 Å². The van der Waals surface area contributed by atoms with Crippen molar-refractivity contribution in [1.82, 2.24) is 9.61 Å². The van der Waals surface area contributed by atoms with E-state index >= 15 is 0 Å². The van der Waals surface area contributed by atoms with Crippen molar-refractivity contribution in [3.8, 4) is 6.07 Å². The summed E-state index contributed by atoms with van der Waals surface area (Å²) in [5, 5.41) is 35.5. The van der Waals surface area contributed by atoms with Crippen LogP contribution in [0.2, 0.25) is 0 Å². The van der Waals surface area contributed by atoms with E-state index in [9.17, 15) is 20.3 Å². The van der Waals surface area contributed by atoms with Gasteiger partial charge >= 0.3 is 5.97 Å². The van der Waals surface area contributed by atoms with E-state index < -0.39 is 23.9 Å². The lowest BCUT2D eigenvalue weighted by molar-refractivity contribution is -0.155. The van der Waals surface area contributed by atoms with Crippen LogP contribution >= 0.6 is 0 Å². The van der Waals surface area contributed by atoms with Crippen LogP contribution in [0.4, 0.5) is 5.69 Å². The molecule has 6 atom stereocenters. The number of esters is 1. The van der Waals surface area contributed by atoms with Crippen LogP contribution in [0, 0.1) is 29.1 Å². The smallest absolute Gasteiger partial charge is 0.309 e. The van der Waals surface area contributed by atoms with E-state index in [2.05, 4.69) is 5.10 Å². The molecule has 164 valence electrons. The van der Waals surface area contributed by atoms with Crippen LogP contribution in [0.25, 0.3) is 5.52 Å². The molecule has 1 saturated heterocycles. The van der Waals surface area contributed by atoms with Crippen LogP contribution < -0.4 is 5.73 Å². The summed E-state index contributed by atoms with van der Waals surface area (Å²) in [5.41, 5.74) is 5.35. The third-order valence-electron chi connectivity index (χ3n) is 7.31. The molecule has 0 spiro atoms. The van der Waals surface area contributed by atoms with Gasteiger partial charge in [-0.15, -0.1) is 0 Å². The van der Waals surface area contributed by atoms with Gasteiger partial charge in [0.05, 0.1) is 22.8 Å². The predicted molar refractivity (Wildman–Crippen MR) is 108 cm³/mol. The van der Waals surface area contributed by atoms with Gasteiger partial charge in [0.15, 0.2) is 0 Å². The van der Waals surface area contributed by atoms with Crippen molar-refractivity contribution in [3.63, 3.8) is 0 Å². The molecule has 0 amide bonds. The van der Waals surface area contributed by atoms with E-state index in [1.807, 2.05) is 6.07 Å². The molecule has 1 aliphatic heterocycles. The SMILES string of the molecule is N#C[C@@]1(c2ccc3c(N)ccnn23)O[C@H](COC(=O)C2CC3CCCC3C2)[C@@H](O)[C@H]1O. The Balaban J connectivity index is 1.32. The molecule has 2 saturated carbocycles. The molecule has 4 N–H and O–H groups in total. The molecule has 2 aliphatic carbocycles. The molecule has 9 heteroatoms. The lowest BCUT2D eigenvalue weighted by atomic mass is 9.92. The largest absolute Gasteiger partial charge is 0.463 e. The second-order valence-corrected chi connectivity index (χ2v) is 8.99. The van der Waals surface area contributed by atoms with Gasteiger partial charge in [0.2, 0.25) is 5.60 Å². The number of nitrogen functional groups attached to an aromatic ring is 1. The molecule has 3 heterocycles. The highest BCUT2D eigenvalue weighted by Crippen LogP contribution is 2.47. The number of anilines is 1. The zero-order valence-corrected chi connectivity index (χ0v) is 17.1. The fourth-order valence-corrected chi connectivity index (χ4v) is 5.67. The second kappa shape index (κ2) is 7.48. The van der Waals surface area contributed by atoms with E-state index in [1.54, 1.807) is 18.2 Å². The van der Waals surface area contributed by atoms with E-state index in [1.165, 1.54) is 30.0 Å². The van der Waals surface area contributed by atoms with Gasteiger partial charge < -0.3 is 25.4 Å². The average Bonchev–Trinajstić information content (AvgIpc) is 3.51. The Labute approximate surface area is 179 Å². The zero-order chi connectivity index (χ0) is 21.8. The topological polar surface area (TPSA) is 143 Å². The summed E-state index contributed by atoms with van der Waals surface area (Å²) < 4.78 is 12.7. The quantitative estimate of drug-likeness (QED) is 0.617. The number of carbonyl (C=O) groups excluding carboxylic acids is 1. The molecule has 2 aromatic rings. The standard InChI is InChI=1S/C22H26N4O5/c23-11-22(18-5-4-16-15(24)6-7-25-26(16)18)20(28)19(27)17(31-22)10-30-21(29)14-8-12-2-1-3-13(12)9-14/h4-7,12-14,17,19-20,27-28H,1-3,8-10,24H2/t12?,13?,14?,17-,19-,20-,22+/m1/s1. The minimum absolute atomic E-state index is 0.124. The number of hydrogen-bond donors (Lipinski definition) is 3. The van der Waals surface area contributed by atoms with Gasteiger partial charge in [0.1, 0.15) is 31.0 Å². The number of nitrogens with two attached hydrogens (primary N) is 1. The third-order valence-corrected chi connectivity index (χ3v) is 7.31. The molecule has 0 radical (unpaired) electrons. The molecule has 5 rings (SSSR count). The van der Waals surface area contributed by atoms with Crippen molar-refractivity contribution >= 4 is 17.2 Å². The monoisotopic (exact) mass is 426 g/mol. The molecule has 0 bridgehead atoms. The van der Waals surface area contributed by atoms with Crippen LogP contribution in [0.5, 0.6) is 0 Å². The normalized spacial score (nSPS) is 37.1. The number of aliphatic hydroxyl groups is 2. The average molecular weight is 426 g/mol. The summed E-state index contributed by atoms with van der Waals surface area (Å²) in [7, 11) is 0. The molecule has 9 nitrogen and oxygen atoms in total. The Bertz CT molecular complexity index is 1040. The summed E-state index contributed by atoms with van der Waals surface area (Å²) in [5.74, 6) is 0.806. The fourth-order valence-electron chi connectivity index (χ4n) is 5.67. The van der Waals surface area contributed by atoms with Crippen molar-refractivity contribution in [2.75, 3.05) is 12.3 Å². The van der Waals surface area contributed by atoms with Crippen molar-refractivity contribution in [2.45, 2.75) is 56.0 Å². The number of fused-ring (bicyclic) bond motifs is 2. The first-order chi connectivity index (χ1) is 14.9. The Morgan fingerprint density at radius 3 is 2.77 bits per heavy atom. The van der Waals surface area contributed by atoms with E-state index in [0.29, 0.717) is 23.0 Å². The van der Waals surface area contributed by atoms with Crippen LogP contribution in [0.15, 0.2) is 24.4 Å². The maximum atomic E-state index is 12.6. The van der Waals surface area contributed by atoms with Crippen LogP contribution in [-0.4, -0.2) is 50.7 Å². The third kappa shape index (κ3) is 3.09. The number of aliphatic hydroxyl groups excluding tert-OH is 2. The number of aromatic nitrogens is 2. The maximum absolute atomic E-state index is 12.6. The minimum Gasteiger partial charge on any atom is -0.463 e. The predicted octanol–water partition coefficient (Wildman–Crippen LogP) is 1.13. The molecule has 3 aliphatic rings. The number of ether oxygens (including phenoxy) is 2. The number of nitriles is 1. The van der Waals surface area contributed by atoms with E-state index in [0.717, 1.165) is 12.8 Å². The van der Waals surface area contributed by atoms with Gasteiger partial charge in [-0.1, -0.05) is 19.3 Å². The first-order valence-corrected chi connectivity index (χ1v) is 10.8. The van der Waals surface area contributed by atoms with Gasteiger partial charge in [-0.2, -0.15) is 10.4 Å². The summed E-state index contributed by atoms with van der Waals surface area (Å²) in [4.78, 5) is 12.6. The van der Waals surface area contributed by atoms with Crippen LogP contribution in [0.3, 0.4) is 0 Å². The molecular weight excluding hydrogens is 400 g/mol. The highest BCUT2D eigenvalue weighted by Gasteiger charge is 2.58. The molecule has 31 heavy (non-hydrogen) atoms. The molecule has 2 aromatic heterocycles. The summed E-state index contributed by atoms with van der Waals surface area (Å²) in [6, 6.07) is 6.88. The zero-order valence-electron chi connectivity index (χ0n) is 17.1. The molecule has 3 fully saturated rings. The molecule has 2 unspecified atom stereocenters. The highest BCUT2D eigenvalue weighted by atomic mass is 16.6. The van der Waals surface area contributed by atoms with Gasteiger partial charge in [-0.05, 0) is 42.9 Å². The summed E-state index contributed by atoms with van der Waals surface area (Å²) in [6.45, 7) is -0.231. The number of carbonyl (C=O) groups is 1. The first kappa shape index (κ1) is 20.2. The highest BCUT2D eigenvalue weighted by molar-refractivity contribution is 5.73. The second-order valence-electron chi connectivity index (χ2n) is 8.99. The summed E-state index contributed by atoms with van der Waals surface area (Å²) >= 11 is 0. The fraction of sp³-hybridized carbons (Fsp3) is 0.591. The first-order valence-electron chi connectivity index (χ1n) is 10.8. The Morgan fingerprint density at radius 2 is 2.06 bits per heavy atom. The number of nitrogens with zero attached hydrogens (tertiary/aromatic N) is 3. The van der Waals surface area contributed by atoms with Gasteiger partial charge in [-0.3, -0.25) is 4.79 Å². The van der Waals surface area contributed by atoms with Crippen LogP contribution in [0.1, 0.15) is 37.8 Å². The minimum atomic E-state index is -1.87. The number of rotatable bonds is 4. The lowest BCUT2D eigenvalue weighted by Gasteiger charge is -2.24. The van der Waals surface area contributed by atoms with Crippen molar-refractivity contribution in [2.24, 2.45) is 17.8 Å². The number of hydrogen-bond acceptors (Lipinski definition) is 8. The van der Waals surface area contributed by atoms with Crippen LogP contribution in [-0.2, 0) is 19.9 Å². The van der Waals surface area contributed by atoms with Gasteiger partial charge in [0.25, 0.3) is 0 Å². The Morgan fingerprint density at radius 1 is 1.32 bits per heavy atom. The van der Waals surface area contributed by atoms with E-state index in [-0.39, 0.29) is 24.2 Å². The van der Waals surface area contributed by atoms with Gasteiger partial charge in [-0.25, -0.2) is 4.52 Å². The molecular formula is C22H26N4O5. The molecule has 0 aromatic carbocycles. The Kier molecular flexibility index (Phi) is 4.88. The van der Waals surface area contributed by atoms with Crippen molar-refractivity contribution in [1.29, 1.82) is 5.26 Å². The maximum Gasteiger partial charge on any atom is 0.309 e. The lowest BCUT2D eigenvalue weighted by Crippen LogP contribution is -2.41. The summed E-state index contributed by atoms with van der Waals surface area (Å²) in [6.07, 6.45) is 2.80. The van der Waals surface area contributed by atoms with Crippen molar-refractivity contribution in [3.05, 3.63) is 30.1 Å². The Hall–Kier alpha value is -2.67. The van der Waals surface area contributed by atoms with E-state index in [4.69, 9.17) is 15.2 Å². The van der Waals surface area contributed by atoms with Gasteiger partial charge in [0, 0.05) is 6.20 Å².